The number of ketones is 1. The van der Waals surface area contributed by atoms with Gasteiger partial charge in [-0.3, -0.25) is 34.2 Å². The third kappa shape index (κ3) is 5.66. The van der Waals surface area contributed by atoms with Crippen LogP contribution in [0.5, 0.6) is 0 Å². The summed E-state index contributed by atoms with van der Waals surface area (Å²) in [6.07, 6.45) is 2.16. The highest BCUT2D eigenvalue weighted by Gasteiger charge is 2.42. The summed E-state index contributed by atoms with van der Waals surface area (Å²) in [7, 11) is 0. The molecule has 0 aliphatic carbocycles. The van der Waals surface area contributed by atoms with E-state index in [9.17, 15) is 24.0 Å². The van der Waals surface area contributed by atoms with Gasteiger partial charge in [0.05, 0.1) is 0 Å². The fraction of sp³-hybridized carbons (Fsp3) is 0.269. The topological polar surface area (TPSA) is 113 Å². The second-order valence-electron chi connectivity index (χ2n) is 8.77. The number of amides is 4. The number of carbonyl (C=O) groups excluding carboxylic acids is 5. The molecule has 8 nitrogen and oxygen atoms in total. The molecule has 2 heterocycles. The van der Waals surface area contributed by atoms with E-state index in [-0.39, 0.29) is 37.2 Å². The Kier molecular flexibility index (Phi) is 7.56. The summed E-state index contributed by atoms with van der Waals surface area (Å²) >= 11 is 12.5. The molecule has 0 radical (unpaired) electrons. The third-order valence-electron chi connectivity index (χ3n) is 6.11. The van der Waals surface area contributed by atoms with Crippen LogP contribution < -0.4 is 10.6 Å². The van der Waals surface area contributed by atoms with E-state index in [0.29, 0.717) is 27.7 Å². The summed E-state index contributed by atoms with van der Waals surface area (Å²) in [4.78, 5) is 62.2. The minimum Gasteiger partial charge on any atom is -0.351 e. The van der Waals surface area contributed by atoms with Crippen molar-refractivity contribution in [3.05, 3.63) is 74.9 Å². The zero-order valence-corrected chi connectivity index (χ0v) is 20.9. The van der Waals surface area contributed by atoms with Crippen LogP contribution in [0, 0.1) is 6.92 Å². The van der Waals surface area contributed by atoms with E-state index in [0.717, 1.165) is 22.1 Å². The Labute approximate surface area is 217 Å². The van der Waals surface area contributed by atoms with Crippen molar-refractivity contribution in [2.75, 3.05) is 5.32 Å². The molecule has 4 rings (SSSR count). The highest BCUT2D eigenvalue weighted by atomic mass is 35.5. The molecule has 1 unspecified atom stereocenters. The van der Waals surface area contributed by atoms with Crippen LogP contribution in [0.1, 0.15) is 36.0 Å². The van der Waals surface area contributed by atoms with E-state index in [1.54, 1.807) is 24.3 Å². The number of nitrogens with one attached hydrogen (secondary N) is 2. The van der Waals surface area contributed by atoms with Gasteiger partial charge in [0, 0.05) is 41.1 Å². The van der Waals surface area contributed by atoms with Crippen LogP contribution in [-0.4, -0.2) is 40.4 Å². The predicted octanol–water partition coefficient (Wildman–Crippen LogP) is 3.52. The number of carbonyl (C=O) groups is 5. The molecule has 0 spiro atoms. The van der Waals surface area contributed by atoms with Crippen molar-refractivity contribution in [1.82, 2.24) is 10.2 Å². The maximum atomic E-state index is 12.9. The van der Waals surface area contributed by atoms with Gasteiger partial charge in [-0.2, -0.15) is 0 Å². The number of nitrogens with zero attached hydrogens (tertiary/aromatic N) is 1. The van der Waals surface area contributed by atoms with Crippen molar-refractivity contribution < 1.29 is 24.0 Å². The molecule has 186 valence electrons. The number of hydrogen-bond donors (Lipinski definition) is 2. The Bertz CT molecular complexity index is 1320. The number of Topliss-reactive ketones (excluding diaryl/α,β-unsaturated/α-hetero) is 1. The molecule has 2 aliphatic rings. The summed E-state index contributed by atoms with van der Waals surface area (Å²) in [5, 5.41) is 6.16. The molecule has 4 amide bonds. The fourth-order valence-electron chi connectivity index (χ4n) is 4.13. The molecule has 0 bridgehead atoms. The van der Waals surface area contributed by atoms with Gasteiger partial charge >= 0.3 is 0 Å². The Morgan fingerprint density at radius 2 is 1.86 bits per heavy atom. The molecular formula is C26H23Cl2N3O5. The maximum Gasteiger partial charge on any atom is 0.278 e. The van der Waals surface area contributed by atoms with Crippen LogP contribution in [0.4, 0.5) is 5.69 Å². The molecule has 2 aromatic rings. The molecule has 0 saturated carbocycles. The van der Waals surface area contributed by atoms with Crippen LogP contribution in [0.2, 0.25) is 10.0 Å². The molecule has 2 N–H and O–H groups in total. The number of hydrogen-bond acceptors (Lipinski definition) is 6. The quantitative estimate of drug-likeness (QED) is 0.508. The summed E-state index contributed by atoms with van der Waals surface area (Å²) in [5.74, 6) is -2.36. The molecule has 0 aromatic heterocycles. The van der Waals surface area contributed by atoms with Crippen molar-refractivity contribution in [1.29, 1.82) is 0 Å². The third-order valence-corrected chi connectivity index (χ3v) is 6.89. The minimum absolute atomic E-state index is 0.00491. The smallest absolute Gasteiger partial charge is 0.278 e. The lowest BCUT2D eigenvalue weighted by Gasteiger charge is -2.28. The van der Waals surface area contributed by atoms with E-state index < -0.39 is 29.7 Å². The number of halogens is 2. The van der Waals surface area contributed by atoms with Gasteiger partial charge < -0.3 is 5.32 Å². The van der Waals surface area contributed by atoms with Gasteiger partial charge in [0.1, 0.15) is 17.5 Å². The van der Waals surface area contributed by atoms with E-state index in [1.807, 2.05) is 19.1 Å². The maximum absolute atomic E-state index is 12.9. The Balaban J connectivity index is 1.39. The van der Waals surface area contributed by atoms with Gasteiger partial charge in [0.25, 0.3) is 11.8 Å². The summed E-state index contributed by atoms with van der Waals surface area (Å²) < 4.78 is 0. The molecule has 2 aromatic carbocycles. The van der Waals surface area contributed by atoms with Crippen LogP contribution >= 0.6 is 23.2 Å². The summed E-state index contributed by atoms with van der Waals surface area (Å²) in [6.45, 7) is 1.90. The van der Waals surface area contributed by atoms with Gasteiger partial charge in [-0.15, -0.1) is 0 Å². The van der Waals surface area contributed by atoms with Crippen LogP contribution in [-0.2, 0) is 36.8 Å². The molecular weight excluding hydrogens is 505 g/mol. The first-order valence-corrected chi connectivity index (χ1v) is 12.1. The van der Waals surface area contributed by atoms with Crippen LogP contribution in [0.25, 0.3) is 0 Å². The zero-order valence-electron chi connectivity index (χ0n) is 19.4. The van der Waals surface area contributed by atoms with E-state index >= 15 is 0 Å². The molecule has 2 aliphatic heterocycles. The van der Waals surface area contributed by atoms with Crippen molar-refractivity contribution >= 4 is 58.3 Å². The normalized spacial score (nSPS) is 17.8. The molecule has 1 saturated heterocycles. The van der Waals surface area contributed by atoms with Gasteiger partial charge in [-0.25, -0.2) is 0 Å². The van der Waals surface area contributed by atoms with E-state index in [4.69, 9.17) is 23.2 Å². The number of rotatable bonds is 8. The highest BCUT2D eigenvalue weighted by molar-refractivity contribution is 6.31. The first-order valence-electron chi connectivity index (χ1n) is 11.4. The Morgan fingerprint density at radius 3 is 2.58 bits per heavy atom. The second kappa shape index (κ2) is 10.6. The van der Waals surface area contributed by atoms with Crippen molar-refractivity contribution in [2.24, 2.45) is 0 Å². The minimum atomic E-state index is -1.03. The number of imide groups is 2. The summed E-state index contributed by atoms with van der Waals surface area (Å²) in [5.41, 5.74) is 3.00. The lowest BCUT2D eigenvalue weighted by Crippen LogP contribution is -2.54. The second-order valence-corrected chi connectivity index (χ2v) is 9.58. The first-order chi connectivity index (χ1) is 17.1. The fourth-order valence-corrected chi connectivity index (χ4v) is 4.55. The van der Waals surface area contributed by atoms with Crippen molar-refractivity contribution in [2.45, 2.75) is 45.1 Å². The first kappa shape index (κ1) is 25.6. The van der Waals surface area contributed by atoms with Gasteiger partial charge in [-0.05, 0) is 60.7 Å². The van der Waals surface area contributed by atoms with Crippen LogP contribution in [0.3, 0.4) is 0 Å². The average molecular weight is 528 g/mol. The average Bonchev–Trinajstić information content (AvgIpc) is 3.09. The monoisotopic (exact) mass is 527 g/mol. The van der Waals surface area contributed by atoms with Gasteiger partial charge in [-0.1, -0.05) is 35.3 Å². The lowest BCUT2D eigenvalue weighted by atomic mass is 10.0. The van der Waals surface area contributed by atoms with Crippen molar-refractivity contribution in [3.63, 3.8) is 0 Å². The molecule has 1 atom stereocenters. The number of aryl methyl sites for hydroxylation is 2. The zero-order chi connectivity index (χ0) is 26.0. The molecule has 1 fully saturated rings. The van der Waals surface area contributed by atoms with Gasteiger partial charge in [0.2, 0.25) is 11.8 Å². The number of piperidine rings is 1. The van der Waals surface area contributed by atoms with Gasteiger partial charge in [0.15, 0.2) is 0 Å². The highest BCUT2D eigenvalue weighted by Crippen LogP contribution is 2.26. The Hall–Kier alpha value is -3.49. The number of benzene rings is 2. The molecule has 36 heavy (non-hydrogen) atoms. The largest absolute Gasteiger partial charge is 0.351 e. The standard InChI is InChI=1S/C26H23Cl2N3O5/c1-14-2-3-15(11-20(14)28)10-18(32)6-4-16-12-17(5-7-19(16)27)29-21-13-24(34)31(26(21)36)22-8-9-23(33)30-25(22)35/h2-3,5,7,11-13,22,29H,4,6,8-10H2,1H3,(H,30,33,35). The predicted molar refractivity (Wildman–Crippen MR) is 134 cm³/mol. The Morgan fingerprint density at radius 1 is 1.08 bits per heavy atom. The van der Waals surface area contributed by atoms with Crippen LogP contribution in [0.15, 0.2) is 48.2 Å². The summed E-state index contributed by atoms with van der Waals surface area (Å²) in [6, 6.07) is 9.51. The number of anilines is 1. The lowest BCUT2D eigenvalue weighted by molar-refractivity contribution is -0.149. The SMILES string of the molecule is Cc1ccc(CC(=O)CCc2cc(NC3=CC(=O)N(C4CCC(=O)NC4=O)C3=O)ccc2Cl)cc1Cl. The van der Waals surface area contributed by atoms with Crippen molar-refractivity contribution in [3.8, 4) is 0 Å². The van der Waals surface area contributed by atoms with E-state index in [1.165, 1.54) is 0 Å². The van der Waals surface area contributed by atoms with E-state index in [2.05, 4.69) is 10.6 Å². The molecule has 10 heteroatoms.